The van der Waals surface area contributed by atoms with Gasteiger partial charge in [0.15, 0.2) is 6.61 Å². The van der Waals surface area contributed by atoms with Crippen molar-refractivity contribution in [2.45, 2.75) is 19.4 Å². The van der Waals surface area contributed by atoms with Crippen LogP contribution in [0, 0.1) is 0 Å². The molecular weight excluding hydrogens is 266 g/mol. The van der Waals surface area contributed by atoms with Crippen LogP contribution in [0.4, 0.5) is 0 Å². The van der Waals surface area contributed by atoms with E-state index in [1.807, 2.05) is 29.2 Å². The molecule has 0 aromatic heterocycles. The van der Waals surface area contributed by atoms with E-state index in [2.05, 4.69) is 18.9 Å². The lowest BCUT2D eigenvalue weighted by Gasteiger charge is -2.32. The van der Waals surface area contributed by atoms with Gasteiger partial charge in [0, 0.05) is 32.2 Å². The summed E-state index contributed by atoms with van der Waals surface area (Å²) in [6.45, 7) is 5.57. The Kier molecular flexibility index (Phi) is 5.59. The number of benzene rings is 1. The summed E-state index contributed by atoms with van der Waals surface area (Å²) in [5.41, 5.74) is 7.06. The average Bonchev–Trinajstić information content (AvgIpc) is 2.53. The highest BCUT2D eigenvalue weighted by molar-refractivity contribution is 5.77. The van der Waals surface area contributed by atoms with Gasteiger partial charge in [0.25, 0.3) is 5.91 Å². The predicted octanol–water partition coefficient (Wildman–Crippen LogP) is 1.25. The van der Waals surface area contributed by atoms with Crippen LogP contribution < -0.4 is 10.5 Å². The van der Waals surface area contributed by atoms with E-state index in [-0.39, 0.29) is 18.6 Å². The number of rotatable bonds is 5. The summed E-state index contributed by atoms with van der Waals surface area (Å²) in [5, 5.41) is 0. The minimum absolute atomic E-state index is 0.0532. The molecule has 1 aliphatic heterocycles. The van der Waals surface area contributed by atoms with Crippen LogP contribution in [0.2, 0.25) is 0 Å². The molecule has 1 saturated heterocycles. The Morgan fingerprint density at radius 3 is 2.43 bits per heavy atom. The van der Waals surface area contributed by atoms with Crippen molar-refractivity contribution >= 4 is 5.91 Å². The first-order chi connectivity index (χ1) is 10.1. The molecule has 0 bridgehead atoms. The van der Waals surface area contributed by atoms with E-state index in [0.717, 1.165) is 38.2 Å². The Morgan fingerprint density at radius 2 is 1.86 bits per heavy atom. The molecule has 0 spiro atoms. The first-order valence-electron chi connectivity index (χ1n) is 7.54. The number of nitrogens with two attached hydrogens (primary N) is 1. The number of carbonyl (C=O) groups is 1. The Labute approximate surface area is 126 Å². The van der Waals surface area contributed by atoms with E-state index >= 15 is 0 Å². The maximum Gasteiger partial charge on any atom is 0.260 e. The van der Waals surface area contributed by atoms with Crippen molar-refractivity contribution in [2.75, 3.05) is 39.8 Å². The van der Waals surface area contributed by atoms with E-state index in [4.69, 9.17) is 10.5 Å². The predicted molar refractivity (Wildman–Crippen MR) is 83.2 cm³/mol. The minimum atomic E-state index is 0.0532. The van der Waals surface area contributed by atoms with Gasteiger partial charge in [0.1, 0.15) is 5.75 Å². The fraction of sp³-hybridized carbons (Fsp3) is 0.562. The van der Waals surface area contributed by atoms with Gasteiger partial charge in [-0.1, -0.05) is 19.1 Å². The molecule has 1 atom stereocenters. The SMILES string of the molecule is CCC(N)c1ccc(OCC(=O)N2CCN(C)CC2)cc1. The van der Waals surface area contributed by atoms with Crippen LogP contribution in [0.15, 0.2) is 24.3 Å². The topological polar surface area (TPSA) is 58.8 Å². The van der Waals surface area contributed by atoms with E-state index < -0.39 is 0 Å². The molecule has 0 aliphatic carbocycles. The Hall–Kier alpha value is -1.59. The van der Waals surface area contributed by atoms with Gasteiger partial charge >= 0.3 is 0 Å². The van der Waals surface area contributed by atoms with E-state index in [9.17, 15) is 4.79 Å². The summed E-state index contributed by atoms with van der Waals surface area (Å²) in [6.07, 6.45) is 0.905. The highest BCUT2D eigenvalue weighted by Gasteiger charge is 2.19. The van der Waals surface area contributed by atoms with Crippen LogP contribution in [-0.2, 0) is 4.79 Å². The first kappa shape index (κ1) is 15.8. The van der Waals surface area contributed by atoms with Crippen LogP contribution in [0.5, 0.6) is 5.75 Å². The molecule has 1 heterocycles. The molecule has 1 unspecified atom stereocenters. The molecule has 1 aromatic carbocycles. The maximum atomic E-state index is 12.1. The zero-order valence-electron chi connectivity index (χ0n) is 12.9. The molecule has 0 saturated carbocycles. The second kappa shape index (κ2) is 7.43. The highest BCUT2D eigenvalue weighted by Crippen LogP contribution is 2.18. The molecule has 5 nitrogen and oxygen atoms in total. The Morgan fingerprint density at radius 1 is 1.24 bits per heavy atom. The van der Waals surface area contributed by atoms with Crippen molar-refractivity contribution in [3.8, 4) is 5.75 Å². The minimum Gasteiger partial charge on any atom is -0.484 e. The first-order valence-corrected chi connectivity index (χ1v) is 7.54. The zero-order chi connectivity index (χ0) is 15.2. The quantitative estimate of drug-likeness (QED) is 0.887. The number of ether oxygens (including phenoxy) is 1. The van der Waals surface area contributed by atoms with Crippen LogP contribution in [0.1, 0.15) is 24.9 Å². The van der Waals surface area contributed by atoms with Gasteiger partial charge in [-0.05, 0) is 31.2 Å². The van der Waals surface area contributed by atoms with Crippen LogP contribution in [0.3, 0.4) is 0 Å². The third-order valence-electron chi connectivity index (χ3n) is 3.97. The Balaban J connectivity index is 1.81. The van der Waals surface area contributed by atoms with Crippen molar-refractivity contribution in [3.05, 3.63) is 29.8 Å². The van der Waals surface area contributed by atoms with Crippen molar-refractivity contribution in [3.63, 3.8) is 0 Å². The summed E-state index contributed by atoms with van der Waals surface area (Å²) in [7, 11) is 2.07. The van der Waals surface area contributed by atoms with Crippen LogP contribution >= 0.6 is 0 Å². The number of piperazine rings is 1. The number of nitrogens with zero attached hydrogens (tertiary/aromatic N) is 2. The fourth-order valence-corrected chi connectivity index (χ4v) is 2.34. The third kappa shape index (κ3) is 4.44. The van der Waals surface area contributed by atoms with Gasteiger partial charge < -0.3 is 20.3 Å². The Bertz CT molecular complexity index is 453. The number of hydrogen-bond donors (Lipinski definition) is 1. The largest absolute Gasteiger partial charge is 0.484 e. The molecule has 2 N–H and O–H groups in total. The van der Waals surface area contributed by atoms with Crippen molar-refractivity contribution < 1.29 is 9.53 Å². The summed E-state index contributed by atoms with van der Waals surface area (Å²) in [4.78, 5) is 16.1. The van der Waals surface area contributed by atoms with Crippen molar-refractivity contribution in [2.24, 2.45) is 5.73 Å². The third-order valence-corrected chi connectivity index (χ3v) is 3.97. The molecule has 1 aromatic rings. The summed E-state index contributed by atoms with van der Waals surface area (Å²) < 4.78 is 5.57. The molecule has 116 valence electrons. The average molecular weight is 291 g/mol. The lowest BCUT2D eigenvalue weighted by Crippen LogP contribution is -2.48. The van der Waals surface area contributed by atoms with Crippen LogP contribution in [-0.4, -0.2) is 55.5 Å². The lowest BCUT2D eigenvalue weighted by atomic mass is 10.1. The normalized spacial score (nSPS) is 17.6. The second-order valence-corrected chi connectivity index (χ2v) is 5.56. The lowest BCUT2D eigenvalue weighted by molar-refractivity contribution is -0.134. The number of carbonyl (C=O) groups excluding carboxylic acids is 1. The molecule has 21 heavy (non-hydrogen) atoms. The van der Waals surface area contributed by atoms with Gasteiger partial charge in [-0.15, -0.1) is 0 Å². The summed E-state index contributed by atoms with van der Waals surface area (Å²) in [6, 6.07) is 7.74. The highest BCUT2D eigenvalue weighted by atomic mass is 16.5. The molecule has 1 amide bonds. The molecule has 0 radical (unpaired) electrons. The van der Waals surface area contributed by atoms with Gasteiger partial charge in [-0.2, -0.15) is 0 Å². The number of hydrogen-bond acceptors (Lipinski definition) is 4. The molecular formula is C16H25N3O2. The van der Waals surface area contributed by atoms with E-state index in [1.165, 1.54) is 0 Å². The second-order valence-electron chi connectivity index (χ2n) is 5.56. The summed E-state index contributed by atoms with van der Waals surface area (Å²) in [5.74, 6) is 0.766. The smallest absolute Gasteiger partial charge is 0.260 e. The van der Waals surface area contributed by atoms with Gasteiger partial charge in [-0.25, -0.2) is 0 Å². The van der Waals surface area contributed by atoms with E-state index in [1.54, 1.807) is 0 Å². The molecule has 2 rings (SSSR count). The maximum absolute atomic E-state index is 12.1. The standard InChI is InChI=1S/C16H25N3O2/c1-3-15(17)13-4-6-14(7-5-13)21-12-16(20)19-10-8-18(2)9-11-19/h4-7,15H,3,8-12,17H2,1-2H3. The monoisotopic (exact) mass is 291 g/mol. The van der Waals surface area contributed by atoms with Gasteiger partial charge in [-0.3, -0.25) is 4.79 Å². The van der Waals surface area contributed by atoms with Crippen LogP contribution in [0.25, 0.3) is 0 Å². The zero-order valence-corrected chi connectivity index (χ0v) is 12.9. The summed E-state index contributed by atoms with van der Waals surface area (Å²) >= 11 is 0. The van der Waals surface area contributed by atoms with Crippen molar-refractivity contribution in [1.29, 1.82) is 0 Å². The molecule has 5 heteroatoms. The van der Waals surface area contributed by atoms with Gasteiger partial charge in [0.05, 0.1) is 0 Å². The van der Waals surface area contributed by atoms with E-state index in [0.29, 0.717) is 5.75 Å². The number of amides is 1. The number of likely N-dealkylation sites (N-methyl/N-ethyl adjacent to an activating group) is 1. The van der Waals surface area contributed by atoms with Gasteiger partial charge in [0.2, 0.25) is 0 Å². The molecule has 1 fully saturated rings. The molecule has 1 aliphatic rings. The van der Waals surface area contributed by atoms with Crippen molar-refractivity contribution in [1.82, 2.24) is 9.80 Å². The fourth-order valence-electron chi connectivity index (χ4n) is 2.34.